The summed E-state index contributed by atoms with van der Waals surface area (Å²) in [6, 6.07) is 17.8. The number of carbonyl (C=O) groups is 1. The molecule has 4 aromatic rings. The number of rotatable bonds is 5. The summed E-state index contributed by atoms with van der Waals surface area (Å²) < 4.78 is 7.95. The first-order valence-electron chi connectivity index (χ1n) is 12.4. The van der Waals surface area contributed by atoms with Crippen molar-refractivity contribution in [1.82, 2.24) is 24.6 Å². The van der Waals surface area contributed by atoms with Crippen molar-refractivity contribution in [3.8, 4) is 22.8 Å². The molecule has 2 N–H and O–H groups in total. The number of aromatic nitrogens is 4. The number of nitrogens with zero attached hydrogens (tertiary/aromatic N) is 5. The van der Waals surface area contributed by atoms with Crippen LogP contribution in [0.4, 0.5) is 5.82 Å². The number of para-hydroxylation sites is 1. The minimum absolute atomic E-state index is 0.0146. The predicted molar refractivity (Wildman–Crippen MR) is 138 cm³/mol. The van der Waals surface area contributed by atoms with Crippen LogP contribution < -0.4 is 10.5 Å². The van der Waals surface area contributed by atoms with Crippen LogP contribution in [-0.4, -0.2) is 43.1 Å². The maximum absolute atomic E-state index is 12.5. The van der Waals surface area contributed by atoms with Gasteiger partial charge in [0.05, 0.1) is 11.4 Å². The van der Waals surface area contributed by atoms with Crippen molar-refractivity contribution >= 4 is 22.8 Å². The second-order valence-corrected chi connectivity index (χ2v) is 9.52. The van der Waals surface area contributed by atoms with Gasteiger partial charge in [-0.05, 0) is 74.1 Å². The number of benzene rings is 2. The van der Waals surface area contributed by atoms with E-state index in [0.29, 0.717) is 11.7 Å². The molecule has 3 heterocycles. The summed E-state index contributed by atoms with van der Waals surface area (Å²) in [5.74, 6) is 2.39. The third-order valence-electron chi connectivity index (χ3n) is 7.44. The van der Waals surface area contributed by atoms with E-state index in [1.165, 1.54) is 12.4 Å². The van der Waals surface area contributed by atoms with E-state index in [1.807, 2.05) is 64.2 Å². The van der Waals surface area contributed by atoms with Gasteiger partial charge in [-0.1, -0.05) is 24.8 Å². The zero-order chi connectivity index (χ0) is 24.6. The minimum atomic E-state index is 0.0146. The smallest absolute Gasteiger partial charge is 0.246 e. The van der Waals surface area contributed by atoms with Crippen molar-refractivity contribution in [1.29, 1.82) is 0 Å². The van der Waals surface area contributed by atoms with Crippen LogP contribution in [-0.2, 0) is 4.79 Å². The molecule has 1 saturated carbocycles. The molecule has 1 amide bonds. The third kappa shape index (κ3) is 3.88. The molecule has 0 bridgehead atoms. The number of hydrogen-bond acceptors (Lipinski definition) is 6. The van der Waals surface area contributed by atoms with E-state index >= 15 is 0 Å². The molecule has 8 heteroatoms. The number of hydrogen-bond donors (Lipinski definition) is 1. The number of amides is 1. The maximum atomic E-state index is 12.5. The number of anilines is 1. The molecule has 0 spiro atoms. The van der Waals surface area contributed by atoms with E-state index in [-0.39, 0.29) is 18.0 Å². The van der Waals surface area contributed by atoms with Gasteiger partial charge in [-0.15, -0.1) is 0 Å². The maximum Gasteiger partial charge on any atom is 0.246 e. The average Bonchev–Trinajstić information content (AvgIpc) is 3.52. The van der Waals surface area contributed by atoms with Crippen molar-refractivity contribution in [3.63, 3.8) is 0 Å². The number of nitrogen functional groups attached to an aromatic ring is 1. The summed E-state index contributed by atoms with van der Waals surface area (Å²) in [5.41, 5.74) is 8.74. The molecule has 3 atom stereocenters. The lowest BCUT2D eigenvalue weighted by atomic mass is 9.92. The highest BCUT2D eigenvalue weighted by atomic mass is 16.5. The second kappa shape index (κ2) is 9.11. The van der Waals surface area contributed by atoms with Crippen LogP contribution in [0.1, 0.15) is 31.7 Å². The van der Waals surface area contributed by atoms with Crippen molar-refractivity contribution < 1.29 is 9.53 Å². The first kappa shape index (κ1) is 22.3. The lowest BCUT2D eigenvalue weighted by Gasteiger charge is -2.36. The monoisotopic (exact) mass is 480 g/mol. The summed E-state index contributed by atoms with van der Waals surface area (Å²) in [6.45, 7) is 4.48. The predicted octanol–water partition coefficient (Wildman–Crippen LogP) is 5.00. The second-order valence-electron chi connectivity index (χ2n) is 9.52. The normalized spacial score (nSPS) is 21.3. The van der Waals surface area contributed by atoms with Crippen molar-refractivity contribution in [2.45, 2.75) is 37.8 Å². The molecule has 182 valence electrons. The Kier molecular flexibility index (Phi) is 5.64. The molecule has 1 aliphatic heterocycles. The van der Waals surface area contributed by atoms with Crippen LogP contribution in [0.15, 0.2) is 73.6 Å². The van der Waals surface area contributed by atoms with Gasteiger partial charge in [-0.2, -0.15) is 5.10 Å². The SMILES string of the molecule is C=CC(=O)N1CCCC2CC(n3nc(-c4ccc(Oc5ccccc5)cc4)c4c(N)ncnc43)CC21. The molecule has 8 nitrogen and oxygen atoms in total. The van der Waals surface area contributed by atoms with Gasteiger partial charge in [0.2, 0.25) is 5.91 Å². The Hall–Kier alpha value is -4.20. The molecule has 2 aromatic heterocycles. The third-order valence-corrected chi connectivity index (χ3v) is 7.44. The zero-order valence-corrected chi connectivity index (χ0v) is 20.0. The van der Waals surface area contributed by atoms with E-state index in [4.69, 9.17) is 15.6 Å². The van der Waals surface area contributed by atoms with E-state index in [0.717, 1.165) is 66.0 Å². The molecule has 6 rings (SSSR count). The lowest BCUT2D eigenvalue weighted by Crippen LogP contribution is -2.45. The number of piperidine rings is 1. The Labute approximate surface area is 209 Å². The van der Waals surface area contributed by atoms with Crippen LogP contribution in [0.3, 0.4) is 0 Å². The quantitative estimate of drug-likeness (QED) is 0.404. The highest BCUT2D eigenvalue weighted by Crippen LogP contribution is 2.44. The summed E-state index contributed by atoms with van der Waals surface area (Å²) in [5, 5.41) is 5.79. The molecule has 2 aliphatic rings. The van der Waals surface area contributed by atoms with Gasteiger partial charge in [0, 0.05) is 18.2 Å². The number of carbonyl (C=O) groups excluding carboxylic acids is 1. The first-order chi connectivity index (χ1) is 17.6. The number of fused-ring (bicyclic) bond motifs is 2. The molecule has 2 fully saturated rings. The average molecular weight is 481 g/mol. The fraction of sp³-hybridized carbons (Fsp3) is 0.286. The van der Waals surface area contributed by atoms with E-state index in [2.05, 4.69) is 16.5 Å². The van der Waals surface area contributed by atoms with Crippen LogP contribution >= 0.6 is 0 Å². The number of nitrogens with two attached hydrogens (primary N) is 1. The van der Waals surface area contributed by atoms with Gasteiger partial charge < -0.3 is 15.4 Å². The first-order valence-corrected chi connectivity index (χ1v) is 12.4. The molecule has 3 unspecified atom stereocenters. The Morgan fingerprint density at radius 3 is 2.61 bits per heavy atom. The minimum Gasteiger partial charge on any atom is -0.457 e. The van der Waals surface area contributed by atoms with Gasteiger partial charge in [0.15, 0.2) is 5.65 Å². The largest absolute Gasteiger partial charge is 0.457 e. The van der Waals surface area contributed by atoms with Crippen molar-refractivity contribution in [2.24, 2.45) is 5.92 Å². The van der Waals surface area contributed by atoms with Gasteiger partial charge in [0.25, 0.3) is 0 Å². The van der Waals surface area contributed by atoms with E-state index < -0.39 is 0 Å². The van der Waals surface area contributed by atoms with Crippen LogP contribution in [0.5, 0.6) is 11.5 Å². The van der Waals surface area contributed by atoms with E-state index in [1.54, 1.807) is 0 Å². The summed E-state index contributed by atoms with van der Waals surface area (Å²) in [7, 11) is 0. The molecular formula is C28H28N6O2. The standard InChI is InChI=1S/C28H28N6O2/c1-2-24(35)33-14-6-7-19-15-20(16-23(19)33)34-28-25(27(29)30-17-31-28)26(32-34)18-10-12-22(13-11-18)36-21-8-4-3-5-9-21/h2-5,8-13,17,19-20,23H,1,6-7,14-16H2,(H2,29,30,31). The Morgan fingerprint density at radius 1 is 1.06 bits per heavy atom. The van der Waals surface area contributed by atoms with Gasteiger partial charge in [0.1, 0.15) is 29.3 Å². The molecule has 0 radical (unpaired) electrons. The highest BCUT2D eigenvalue weighted by molar-refractivity contribution is 5.98. The topological polar surface area (TPSA) is 99.2 Å². The summed E-state index contributed by atoms with van der Waals surface area (Å²) in [4.78, 5) is 23.3. The van der Waals surface area contributed by atoms with Crippen LogP contribution in [0.25, 0.3) is 22.3 Å². The van der Waals surface area contributed by atoms with Crippen molar-refractivity contribution in [2.75, 3.05) is 12.3 Å². The highest BCUT2D eigenvalue weighted by Gasteiger charge is 2.43. The molecular weight excluding hydrogens is 452 g/mol. The van der Waals surface area contributed by atoms with Crippen LogP contribution in [0, 0.1) is 5.92 Å². The van der Waals surface area contributed by atoms with Crippen LogP contribution in [0.2, 0.25) is 0 Å². The molecule has 2 aromatic carbocycles. The fourth-order valence-corrected chi connectivity index (χ4v) is 5.80. The lowest BCUT2D eigenvalue weighted by molar-refractivity contribution is -0.130. The Balaban J connectivity index is 1.34. The zero-order valence-electron chi connectivity index (χ0n) is 20.0. The Morgan fingerprint density at radius 2 is 1.83 bits per heavy atom. The fourth-order valence-electron chi connectivity index (χ4n) is 5.80. The van der Waals surface area contributed by atoms with Gasteiger partial charge in [-0.3, -0.25) is 4.79 Å². The Bertz CT molecular complexity index is 1420. The summed E-state index contributed by atoms with van der Waals surface area (Å²) >= 11 is 0. The summed E-state index contributed by atoms with van der Waals surface area (Å²) in [6.07, 6.45) is 6.85. The number of ether oxygens (including phenoxy) is 1. The molecule has 1 saturated heterocycles. The van der Waals surface area contributed by atoms with E-state index in [9.17, 15) is 4.79 Å². The molecule has 1 aliphatic carbocycles. The van der Waals surface area contributed by atoms with Gasteiger partial charge >= 0.3 is 0 Å². The number of likely N-dealkylation sites (tertiary alicyclic amines) is 1. The van der Waals surface area contributed by atoms with Gasteiger partial charge in [-0.25, -0.2) is 14.6 Å². The molecule has 36 heavy (non-hydrogen) atoms. The van der Waals surface area contributed by atoms with Crippen molar-refractivity contribution in [3.05, 3.63) is 73.6 Å².